The van der Waals surface area contributed by atoms with Gasteiger partial charge in [0, 0.05) is 5.39 Å². The molecule has 0 bridgehead atoms. The largest absolute Gasteiger partial charge is 0.420 e. The van der Waals surface area contributed by atoms with E-state index in [1.54, 1.807) is 0 Å². The Kier molecular flexibility index (Phi) is 2.58. The van der Waals surface area contributed by atoms with E-state index in [0.29, 0.717) is 0 Å². The highest BCUT2D eigenvalue weighted by Gasteiger charge is 2.23. The summed E-state index contributed by atoms with van der Waals surface area (Å²) in [5.74, 6) is 0. The molecule has 10 nitrogen and oxygen atoms in total. The van der Waals surface area contributed by atoms with Crippen molar-refractivity contribution in [3.8, 4) is 0 Å². The number of rotatable bonds is 0. The molecular formula is C13H16N8O2. The number of hydrogen-bond acceptors (Lipinski definition) is 10. The van der Waals surface area contributed by atoms with Crippen LogP contribution in [0.4, 0.5) is 45.5 Å². The van der Waals surface area contributed by atoms with Crippen LogP contribution in [0.5, 0.6) is 0 Å². The van der Waals surface area contributed by atoms with Gasteiger partial charge in [0.15, 0.2) is 5.58 Å². The molecule has 3 aromatic rings. The molecule has 0 spiro atoms. The Hall–Kier alpha value is -3.69. The molecule has 3 rings (SSSR count). The summed E-state index contributed by atoms with van der Waals surface area (Å²) in [4.78, 5) is 12.3. The predicted octanol–water partition coefficient (Wildman–Crippen LogP) is -0.396. The molecule has 0 atom stereocenters. The molecule has 1 heterocycles. The lowest BCUT2D eigenvalue weighted by Crippen LogP contribution is -2.13. The van der Waals surface area contributed by atoms with E-state index in [0.717, 1.165) is 0 Å². The van der Waals surface area contributed by atoms with Gasteiger partial charge in [0.25, 0.3) is 0 Å². The maximum atomic E-state index is 12.3. The molecule has 0 fully saturated rings. The normalized spacial score (nSPS) is 11.3. The molecule has 0 aliphatic carbocycles. The van der Waals surface area contributed by atoms with Gasteiger partial charge in [-0.1, -0.05) is 0 Å². The maximum absolute atomic E-state index is 12.3. The minimum atomic E-state index is -0.793. The Morgan fingerprint density at radius 3 is 1.39 bits per heavy atom. The number of fused-ring (bicyclic) bond motifs is 3. The summed E-state index contributed by atoms with van der Waals surface area (Å²) in [5, 5.41) is 0.341. The van der Waals surface area contributed by atoms with Gasteiger partial charge in [-0.3, -0.25) is 0 Å². The van der Waals surface area contributed by atoms with Crippen molar-refractivity contribution < 1.29 is 4.42 Å². The Labute approximate surface area is 128 Å². The van der Waals surface area contributed by atoms with Crippen LogP contribution in [-0.4, -0.2) is 0 Å². The fourth-order valence-corrected chi connectivity index (χ4v) is 2.60. The first-order chi connectivity index (χ1) is 10.7. The first kappa shape index (κ1) is 14.3. The maximum Gasteiger partial charge on any atom is 0.346 e. The summed E-state index contributed by atoms with van der Waals surface area (Å²) >= 11 is 0. The fourth-order valence-electron chi connectivity index (χ4n) is 2.60. The topological polar surface area (TPSA) is 238 Å². The number of anilines is 8. The summed E-state index contributed by atoms with van der Waals surface area (Å²) in [6.45, 7) is 0. The monoisotopic (exact) mass is 316 g/mol. The Balaban J connectivity index is 2.84. The van der Waals surface area contributed by atoms with Crippen molar-refractivity contribution in [1.29, 1.82) is 0 Å². The van der Waals surface area contributed by atoms with Crippen LogP contribution >= 0.6 is 0 Å². The molecule has 0 saturated carbocycles. The van der Waals surface area contributed by atoms with Crippen LogP contribution in [0.3, 0.4) is 0 Å². The molecule has 23 heavy (non-hydrogen) atoms. The summed E-state index contributed by atoms with van der Waals surface area (Å²) in [6, 6.07) is 0. The molecule has 2 aromatic carbocycles. The average Bonchev–Trinajstić information content (AvgIpc) is 2.53. The van der Waals surface area contributed by atoms with Gasteiger partial charge in [0.1, 0.15) is 5.69 Å². The quantitative estimate of drug-likeness (QED) is 0.151. The second kappa shape index (κ2) is 4.16. The van der Waals surface area contributed by atoms with E-state index >= 15 is 0 Å². The Morgan fingerprint density at radius 2 is 0.870 bits per heavy atom. The zero-order valence-electron chi connectivity index (χ0n) is 11.9. The Morgan fingerprint density at radius 1 is 0.478 bits per heavy atom. The van der Waals surface area contributed by atoms with E-state index in [1.807, 2.05) is 0 Å². The van der Waals surface area contributed by atoms with Gasteiger partial charge in [-0.15, -0.1) is 0 Å². The van der Waals surface area contributed by atoms with Crippen LogP contribution in [0, 0.1) is 0 Å². The fraction of sp³-hybridized carbons (Fsp3) is 0. The third-order valence-electron chi connectivity index (χ3n) is 3.92. The second-order valence-corrected chi connectivity index (χ2v) is 5.15. The molecule has 1 aromatic heterocycles. The molecular weight excluding hydrogens is 300 g/mol. The van der Waals surface area contributed by atoms with Gasteiger partial charge in [-0.2, -0.15) is 0 Å². The highest BCUT2D eigenvalue weighted by Crippen LogP contribution is 2.46. The summed E-state index contributed by atoms with van der Waals surface area (Å²) < 4.78 is 5.23. The average molecular weight is 316 g/mol. The van der Waals surface area contributed by atoms with Crippen LogP contribution in [0.1, 0.15) is 0 Å². The van der Waals surface area contributed by atoms with Gasteiger partial charge in [0.2, 0.25) is 0 Å². The van der Waals surface area contributed by atoms with Crippen molar-refractivity contribution in [1.82, 2.24) is 0 Å². The van der Waals surface area contributed by atoms with Crippen LogP contribution in [0.2, 0.25) is 0 Å². The highest BCUT2D eigenvalue weighted by atomic mass is 16.4. The molecule has 0 radical (unpaired) electrons. The lowest BCUT2D eigenvalue weighted by Gasteiger charge is -2.17. The van der Waals surface area contributed by atoms with E-state index in [-0.39, 0.29) is 67.2 Å². The van der Waals surface area contributed by atoms with Crippen molar-refractivity contribution in [2.75, 3.05) is 45.9 Å². The standard InChI is InChI=1S/C13H16N8O2/c14-4-1-2-5(15)8(18)10(20)11(21)12(2)23-13(22)3(1)6(16)9(19)7(4)17/h14-21H2. The number of nitrogens with two attached hydrogens (primary N) is 8. The van der Waals surface area contributed by atoms with E-state index in [4.69, 9.17) is 50.3 Å². The minimum absolute atomic E-state index is 0.00691. The van der Waals surface area contributed by atoms with Crippen molar-refractivity contribution in [3.05, 3.63) is 10.4 Å². The molecule has 120 valence electrons. The summed E-state index contributed by atoms with van der Waals surface area (Å²) in [5.41, 5.74) is 46.3. The number of benzene rings is 2. The molecule has 0 unspecified atom stereocenters. The van der Waals surface area contributed by atoms with Crippen molar-refractivity contribution >= 4 is 67.2 Å². The van der Waals surface area contributed by atoms with Crippen molar-refractivity contribution in [2.24, 2.45) is 0 Å². The number of hydrogen-bond donors (Lipinski definition) is 8. The van der Waals surface area contributed by atoms with E-state index < -0.39 is 5.63 Å². The van der Waals surface area contributed by atoms with Crippen molar-refractivity contribution in [2.45, 2.75) is 0 Å². The van der Waals surface area contributed by atoms with Crippen LogP contribution in [0.15, 0.2) is 9.21 Å². The lowest BCUT2D eigenvalue weighted by molar-refractivity contribution is 0.571. The smallest absolute Gasteiger partial charge is 0.346 e. The van der Waals surface area contributed by atoms with Crippen LogP contribution in [0.25, 0.3) is 21.7 Å². The van der Waals surface area contributed by atoms with Crippen molar-refractivity contribution in [3.63, 3.8) is 0 Å². The zero-order valence-corrected chi connectivity index (χ0v) is 11.9. The lowest BCUT2D eigenvalue weighted by atomic mass is 9.99. The van der Waals surface area contributed by atoms with Gasteiger partial charge in [0.05, 0.1) is 50.6 Å². The molecule has 16 N–H and O–H groups in total. The zero-order chi connectivity index (χ0) is 17.2. The molecule has 0 saturated heterocycles. The van der Waals surface area contributed by atoms with Gasteiger partial charge in [-0.25, -0.2) is 4.79 Å². The van der Waals surface area contributed by atoms with Gasteiger partial charge < -0.3 is 50.3 Å². The minimum Gasteiger partial charge on any atom is -0.420 e. The molecule has 0 aliphatic heterocycles. The van der Waals surface area contributed by atoms with E-state index in [1.165, 1.54) is 0 Å². The highest BCUT2D eigenvalue weighted by molar-refractivity contribution is 6.27. The Bertz CT molecular complexity index is 1070. The molecule has 10 heteroatoms. The third kappa shape index (κ3) is 1.54. The van der Waals surface area contributed by atoms with E-state index in [9.17, 15) is 4.79 Å². The predicted molar refractivity (Wildman–Crippen MR) is 95.3 cm³/mol. The second-order valence-electron chi connectivity index (χ2n) is 5.15. The first-order valence-corrected chi connectivity index (χ1v) is 6.42. The van der Waals surface area contributed by atoms with Crippen LogP contribution < -0.4 is 51.5 Å². The number of nitrogen functional groups attached to an aromatic ring is 8. The van der Waals surface area contributed by atoms with Gasteiger partial charge >= 0.3 is 5.63 Å². The van der Waals surface area contributed by atoms with E-state index in [2.05, 4.69) is 0 Å². The molecule has 0 aliphatic rings. The summed E-state index contributed by atoms with van der Waals surface area (Å²) in [6.07, 6.45) is 0. The first-order valence-electron chi connectivity index (χ1n) is 6.42. The molecule has 0 amide bonds. The third-order valence-corrected chi connectivity index (χ3v) is 3.92. The summed E-state index contributed by atoms with van der Waals surface area (Å²) in [7, 11) is 0. The van der Waals surface area contributed by atoms with Crippen LogP contribution in [-0.2, 0) is 0 Å². The SMILES string of the molecule is Nc1c(N)c(N)c2c(oc(=O)c3c(N)c(N)c(N)c(N)c32)c1N. The van der Waals surface area contributed by atoms with Gasteiger partial charge in [-0.05, 0) is 0 Å².